The summed E-state index contributed by atoms with van der Waals surface area (Å²) < 4.78 is 5.39. The van der Waals surface area contributed by atoms with Crippen LogP contribution in [0.5, 0.6) is 0 Å². The minimum Gasteiger partial charge on any atom is -0.381 e. The first kappa shape index (κ1) is 17.4. The zero-order valence-electron chi connectivity index (χ0n) is 14.7. The van der Waals surface area contributed by atoms with Crippen LogP contribution >= 0.6 is 0 Å². The molecule has 3 heterocycles. The van der Waals surface area contributed by atoms with E-state index in [1.165, 1.54) is 5.56 Å². The quantitative estimate of drug-likeness (QED) is 0.768. The van der Waals surface area contributed by atoms with Crippen LogP contribution in [0.1, 0.15) is 31.2 Å². The Kier molecular flexibility index (Phi) is 6.21. The third kappa shape index (κ3) is 5.02. The van der Waals surface area contributed by atoms with Gasteiger partial charge >= 0.3 is 0 Å². The van der Waals surface area contributed by atoms with Crippen LogP contribution in [0.4, 0.5) is 0 Å². The van der Waals surface area contributed by atoms with E-state index in [2.05, 4.69) is 27.9 Å². The molecule has 0 aromatic carbocycles. The van der Waals surface area contributed by atoms with Gasteiger partial charge in [0.1, 0.15) is 0 Å². The van der Waals surface area contributed by atoms with Gasteiger partial charge in [-0.15, -0.1) is 0 Å². The summed E-state index contributed by atoms with van der Waals surface area (Å²) in [6.07, 6.45) is 7.65. The summed E-state index contributed by atoms with van der Waals surface area (Å²) in [5.74, 6) is 1.52. The van der Waals surface area contributed by atoms with Crippen molar-refractivity contribution in [3.8, 4) is 0 Å². The topological polar surface area (TPSA) is 45.7 Å². The lowest BCUT2D eigenvalue weighted by atomic mass is 10.0. The predicted molar refractivity (Wildman–Crippen MR) is 93.4 cm³/mol. The van der Waals surface area contributed by atoms with Crippen LogP contribution < -0.4 is 0 Å². The van der Waals surface area contributed by atoms with E-state index >= 15 is 0 Å². The van der Waals surface area contributed by atoms with E-state index in [0.29, 0.717) is 24.2 Å². The minimum absolute atomic E-state index is 0.333. The second-order valence-electron chi connectivity index (χ2n) is 7.32. The van der Waals surface area contributed by atoms with E-state index < -0.39 is 0 Å². The fourth-order valence-corrected chi connectivity index (χ4v) is 3.81. The van der Waals surface area contributed by atoms with Gasteiger partial charge in [0.2, 0.25) is 5.91 Å². The lowest BCUT2D eigenvalue weighted by Gasteiger charge is -2.22. The lowest BCUT2D eigenvalue weighted by molar-refractivity contribution is -0.130. The number of nitrogens with zero attached hydrogens (tertiary/aromatic N) is 3. The maximum absolute atomic E-state index is 12.4. The summed E-state index contributed by atoms with van der Waals surface area (Å²) in [6.45, 7) is 5.50. The van der Waals surface area contributed by atoms with Crippen LogP contribution in [0.25, 0.3) is 0 Å². The highest BCUT2D eigenvalue weighted by Crippen LogP contribution is 2.22. The number of rotatable bonds is 7. The summed E-state index contributed by atoms with van der Waals surface area (Å²) in [7, 11) is 2.15. The van der Waals surface area contributed by atoms with Crippen LogP contribution in [0.3, 0.4) is 0 Å². The number of aromatic nitrogens is 1. The fraction of sp³-hybridized carbons (Fsp3) is 0.684. The molecular formula is C19H29N3O2. The maximum Gasteiger partial charge on any atom is 0.222 e. The zero-order valence-corrected chi connectivity index (χ0v) is 14.7. The van der Waals surface area contributed by atoms with Gasteiger partial charge in [0, 0.05) is 58.2 Å². The number of hydrogen-bond acceptors (Lipinski definition) is 4. The Bertz CT molecular complexity index is 517. The zero-order chi connectivity index (χ0) is 16.8. The number of carbonyl (C=O) groups excluding carboxylic acids is 1. The van der Waals surface area contributed by atoms with Crippen LogP contribution in [-0.4, -0.2) is 60.6 Å². The van der Waals surface area contributed by atoms with E-state index in [1.54, 1.807) is 0 Å². The summed E-state index contributed by atoms with van der Waals surface area (Å²) >= 11 is 0. The monoisotopic (exact) mass is 331 g/mol. The van der Waals surface area contributed by atoms with Crippen molar-refractivity contribution in [1.29, 1.82) is 0 Å². The summed E-state index contributed by atoms with van der Waals surface area (Å²) in [6, 6.07) is 4.09. The molecule has 5 heteroatoms. The molecule has 0 saturated carbocycles. The Morgan fingerprint density at radius 2 is 2.33 bits per heavy atom. The highest BCUT2D eigenvalue weighted by molar-refractivity contribution is 5.76. The van der Waals surface area contributed by atoms with Crippen LogP contribution in [0.15, 0.2) is 24.5 Å². The molecule has 2 fully saturated rings. The number of pyridine rings is 1. The van der Waals surface area contributed by atoms with Crippen molar-refractivity contribution in [2.24, 2.45) is 11.8 Å². The Morgan fingerprint density at radius 3 is 3.08 bits per heavy atom. The average molecular weight is 331 g/mol. The lowest BCUT2D eigenvalue weighted by Crippen LogP contribution is -2.31. The van der Waals surface area contributed by atoms with Crippen molar-refractivity contribution in [1.82, 2.24) is 14.8 Å². The van der Waals surface area contributed by atoms with Gasteiger partial charge in [0.25, 0.3) is 0 Å². The summed E-state index contributed by atoms with van der Waals surface area (Å²) in [5, 5.41) is 0. The minimum atomic E-state index is 0.333. The molecule has 24 heavy (non-hydrogen) atoms. The van der Waals surface area contributed by atoms with E-state index in [-0.39, 0.29) is 0 Å². The highest BCUT2D eigenvalue weighted by Gasteiger charge is 2.27. The molecule has 5 nitrogen and oxygen atoms in total. The molecule has 1 amide bonds. The van der Waals surface area contributed by atoms with Crippen molar-refractivity contribution < 1.29 is 9.53 Å². The van der Waals surface area contributed by atoms with Crippen molar-refractivity contribution in [2.45, 2.75) is 32.2 Å². The molecule has 2 aliphatic heterocycles. The molecule has 1 aromatic rings. The van der Waals surface area contributed by atoms with E-state index in [1.807, 2.05) is 18.5 Å². The number of hydrogen-bond donors (Lipinski definition) is 0. The molecule has 0 bridgehead atoms. The first-order chi connectivity index (χ1) is 11.7. The second kappa shape index (κ2) is 8.58. The Labute approximate surface area is 145 Å². The van der Waals surface area contributed by atoms with Gasteiger partial charge in [-0.1, -0.05) is 6.07 Å². The SMILES string of the molecule is CN(Cc1cccnc1)C[C@@H]1CCN(C(=O)CC[C@H]2CCOC2)C1. The molecule has 3 rings (SSSR count). The molecule has 1 aromatic heterocycles. The molecule has 2 saturated heterocycles. The van der Waals surface area contributed by atoms with Gasteiger partial charge in [-0.05, 0) is 49.8 Å². The first-order valence-electron chi connectivity index (χ1n) is 9.13. The standard InChI is InChI=1S/C19H29N3O2/c1-21(12-17-3-2-8-20-11-17)13-18-6-9-22(14-18)19(23)5-4-16-7-10-24-15-16/h2-3,8,11,16,18H,4-7,9-10,12-15H2,1H3/t16-,18-/m0/s1. The fourth-order valence-electron chi connectivity index (χ4n) is 3.81. The first-order valence-corrected chi connectivity index (χ1v) is 9.13. The number of carbonyl (C=O) groups is 1. The summed E-state index contributed by atoms with van der Waals surface area (Å²) in [4.78, 5) is 21.0. The van der Waals surface area contributed by atoms with Crippen molar-refractivity contribution >= 4 is 5.91 Å². The van der Waals surface area contributed by atoms with E-state index in [9.17, 15) is 4.79 Å². The normalized spacial score (nSPS) is 24.0. The van der Waals surface area contributed by atoms with Gasteiger partial charge in [-0.2, -0.15) is 0 Å². The molecule has 0 radical (unpaired) electrons. The molecule has 0 unspecified atom stereocenters. The highest BCUT2D eigenvalue weighted by atomic mass is 16.5. The molecule has 2 aliphatic rings. The maximum atomic E-state index is 12.4. The molecular weight excluding hydrogens is 302 g/mol. The largest absolute Gasteiger partial charge is 0.381 e. The summed E-state index contributed by atoms with van der Waals surface area (Å²) in [5.41, 5.74) is 1.24. The van der Waals surface area contributed by atoms with Gasteiger partial charge in [-0.25, -0.2) is 0 Å². The Balaban J connectivity index is 1.37. The molecule has 132 valence electrons. The molecule has 0 spiro atoms. The van der Waals surface area contributed by atoms with Crippen molar-refractivity contribution in [3.05, 3.63) is 30.1 Å². The molecule has 2 atom stereocenters. The molecule has 0 aliphatic carbocycles. The Hall–Kier alpha value is -1.46. The van der Waals surface area contributed by atoms with Gasteiger partial charge < -0.3 is 14.5 Å². The predicted octanol–water partition coefficient (Wildman–Crippen LogP) is 2.18. The van der Waals surface area contributed by atoms with Crippen LogP contribution in [0.2, 0.25) is 0 Å². The Morgan fingerprint density at radius 1 is 1.42 bits per heavy atom. The van der Waals surface area contributed by atoms with Crippen LogP contribution in [0, 0.1) is 11.8 Å². The number of amides is 1. The van der Waals surface area contributed by atoms with E-state index in [0.717, 1.165) is 58.7 Å². The second-order valence-corrected chi connectivity index (χ2v) is 7.32. The van der Waals surface area contributed by atoms with Crippen LogP contribution in [-0.2, 0) is 16.1 Å². The van der Waals surface area contributed by atoms with Gasteiger partial charge in [0.05, 0.1) is 0 Å². The number of ether oxygens (including phenoxy) is 1. The third-order valence-electron chi connectivity index (χ3n) is 5.17. The van der Waals surface area contributed by atoms with E-state index in [4.69, 9.17) is 4.74 Å². The number of likely N-dealkylation sites (tertiary alicyclic amines) is 1. The van der Waals surface area contributed by atoms with Crippen molar-refractivity contribution in [3.63, 3.8) is 0 Å². The smallest absolute Gasteiger partial charge is 0.222 e. The average Bonchev–Trinajstić information content (AvgIpc) is 3.25. The molecule has 0 N–H and O–H groups in total. The van der Waals surface area contributed by atoms with Gasteiger partial charge in [0.15, 0.2) is 0 Å². The van der Waals surface area contributed by atoms with Crippen molar-refractivity contribution in [2.75, 3.05) is 39.9 Å². The van der Waals surface area contributed by atoms with Gasteiger partial charge in [-0.3, -0.25) is 9.78 Å². The third-order valence-corrected chi connectivity index (χ3v) is 5.17.